The van der Waals surface area contributed by atoms with Crippen LogP contribution in [-0.4, -0.2) is 11.6 Å². The molecule has 0 fully saturated rings. The van der Waals surface area contributed by atoms with Crippen LogP contribution in [0.5, 0.6) is 5.75 Å². The lowest BCUT2D eigenvalue weighted by Crippen LogP contribution is -2.14. The zero-order chi connectivity index (χ0) is 15.9. The minimum Gasteiger partial charge on any atom is -0.491 e. The summed E-state index contributed by atoms with van der Waals surface area (Å²) in [5.74, 6) is 1.16. The Kier molecular flexibility index (Phi) is 5.55. The van der Waals surface area contributed by atoms with Crippen LogP contribution in [0.4, 0.5) is 23.0 Å². The highest BCUT2D eigenvalue weighted by molar-refractivity contribution is 6.30. The molecule has 2 aromatic rings. The Bertz CT molecular complexity index is 618. The van der Waals surface area contributed by atoms with E-state index in [9.17, 15) is 0 Å². The van der Waals surface area contributed by atoms with Crippen molar-refractivity contribution in [2.24, 2.45) is 0 Å². The quantitative estimate of drug-likeness (QED) is 0.460. The Balaban J connectivity index is 2.12. The Hall–Kier alpha value is -2.34. The standard InChI is InChI=1S/C15H20ClN5O/c1-2-3-8-22-12-9-13(17)19-15(18)14(12)21-20-11-6-4-10(16)5-7-11/h4-7,9,20-21H,2-3,8H2,1H3,(H4,17,18,19). The number of nitrogens with two attached hydrogens (primary N) is 2. The number of pyridine rings is 1. The Labute approximate surface area is 134 Å². The number of aromatic nitrogens is 1. The molecule has 1 heterocycles. The summed E-state index contributed by atoms with van der Waals surface area (Å²) in [6, 6.07) is 8.91. The fraction of sp³-hybridized carbons (Fsp3) is 0.267. The number of ether oxygens (including phenoxy) is 1. The summed E-state index contributed by atoms with van der Waals surface area (Å²) < 4.78 is 5.72. The molecule has 0 spiro atoms. The molecule has 0 aliphatic rings. The number of rotatable bonds is 7. The average molecular weight is 322 g/mol. The first-order valence-electron chi connectivity index (χ1n) is 7.06. The number of nitrogen functional groups attached to an aromatic ring is 2. The van der Waals surface area contributed by atoms with Gasteiger partial charge >= 0.3 is 0 Å². The molecule has 118 valence electrons. The van der Waals surface area contributed by atoms with Crippen LogP contribution in [0.3, 0.4) is 0 Å². The largest absolute Gasteiger partial charge is 0.491 e. The van der Waals surface area contributed by atoms with Crippen molar-refractivity contribution in [1.82, 2.24) is 4.98 Å². The second-order valence-electron chi connectivity index (χ2n) is 4.76. The third kappa shape index (κ3) is 4.33. The van der Waals surface area contributed by atoms with Crippen LogP contribution in [0.25, 0.3) is 0 Å². The number of unbranched alkanes of at least 4 members (excludes halogenated alkanes) is 1. The van der Waals surface area contributed by atoms with Crippen molar-refractivity contribution >= 4 is 34.6 Å². The maximum atomic E-state index is 5.92. The van der Waals surface area contributed by atoms with Crippen LogP contribution >= 0.6 is 11.6 Å². The summed E-state index contributed by atoms with van der Waals surface area (Å²) in [6.45, 7) is 2.69. The number of anilines is 4. The van der Waals surface area contributed by atoms with Crippen molar-refractivity contribution in [3.63, 3.8) is 0 Å². The van der Waals surface area contributed by atoms with Gasteiger partial charge in [0.1, 0.15) is 11.5 Å². The van der Waals surface area contributed by atoms with Crippen molar-refractivity contribution in [3.05, 3.63) is 35.4 Å². The first-order valence-corrected chi connectivity index (χ1v) is 7.44. The van der Waals surface area contributed by atoms with Gasteiger partial charge in [-0.3, -0.25) is 5.43 Å². The lowest BCUT2D eigenvalue weighted by molar-refractivity contribution is 0.311. The number of nitrogens with one attached hydrogen (secondary N) is 2. The van der Waals surface area contributed by atoms with Crippen LogP contribution in [0.2, 0.25) is 5.02 Å². The van der Waals surface area contributed by atoms with Gasteiger partial charge in [-0.25, -0.2) is 4.98 Å². The van der Waals surface area contributed by atoms with Crippen LogP contribution in [0.1, 0.15) is 19.8 Å². The van der Waals surface area contributed by atoms with E-state index in [0.717, 1.165) is 18.5 Å². The number of hydrogen-bond acceptors (Lipinski definition) is 6. The molecule has 1 aromatic carbocycles. The maximum absolute atomic E-state index is 5.92. The first kappa shape index (κ1) is 16.0. The SMILES string of the molecule is CCCCOc1cc(N)nc(N)c1NNc1ccc(Cl)cc1. The fourth-order valence-electron chi connectivity index (χ4n) is 1.79. The van der Waals surface area contributed by atoms with Crippen LogP contribution in [-0.2, 0) is 0 Å². The summed E-state index contributed by atoms with van der Waals surface area (Å²) in [4.78, 5) is 4.04. The monoisotopic (exact) mass is 321 g/mol. The van der Waals surface area contributed by atoms with Crippen LogP contribution < -0.4 is 27.1 Å². The highest BCUT2D eigenvalue weighted by atomic mass is 35.5. The van der Waals surface area contributed by atoms with Gasteiger partial charge in [0.15, 0.2) is 11.6 Å². The summed E-state index contributed by atoms with van der Waals surface area (Å²) in [5, 5.41) is 0.669. The molecule has 0 amide bonds. The molecule has 0 aliphatic heterocycles. The van der Waals surface area contributed by atoms with Gasteiger partial charge in [-0.15, -0.1) is 0 Å². The van der Waals surface area contributed by atoms with E-state index in [0.29, 0.717) is 28.9 Å². The number of hydrogen-bond donors (Lipinski definition) is 4. The van der Waals surface area contributed by atoms with Gasteiger partial charge in [-0.05, 0) is 30.7 Å². The lowest BCUT2D eigenvalue weighted by atomic mass is 10.3. The lowest BCUT2D eigenvalue weighted by Gasteiger charge is -2.16. The molecule has 7 heteroatoms. The molecule has 22 heavy (non-hydrogen) atoms. The van der Waals surface area contributed by atoms with Crippen molar-refractivity contribution in [3.8, 4) is 5.75 Å². The minimum atomic E-state index is 0.271. The summed E-state index contributed by atoms with van der Waals surface area (Å²) in [6.07, 6.45) is 1.99. The number of benzene rings is 1. The molecule has 1 aromatic heterocycles. The predicted molar refractivity (Wildman–Crippen MR) is 92.2 cm³/mol. The Morgan fingerprint density at radius 3 is 2.59 bits per heavy atom. The van der Waals surface area contributed by atoms with Gasteiger partial charge in [0.05, 0.1) is 12.3 Å². The molecule has 0 aliphatic carbocycles. The van der Waals surface area contributed by atoms with E-state index in [1.165, 1.54) is 0 Å². The third-order valence-corrected chi connectivity index (χ3v) is 3.21. The van der Waals surface area contributed by atoms with Crippen LogP contribution in [0.15, 0.2) is 30.3 Å². The molecular weight excluding hydrogens is 302 g/mol. The Morgan fingerprint density at radius 2 is 1.91 bits per heavy atom. The summed E-state index contributed by atoms with van der Waals surface area (Å²) in [7, 11) is 0. The second kappa shape index (κ2) is 7.61. The molecular formula is C15H20ClN5O. The minimum absolute atomic E-state index is 0.271. The first-order chi connectivity index (χ1) is 10.6. The van der Waals surface area contributed by atoms with Gasteiger partial charge < -0.3 is 21.6 Å². The predicted octanol–water partition coefficient (Wildman–Crippen LogP) is 3.52. The van der Waals surface area contributed by atoms with Crippen molar-refractivity contribution in [2.75, 3.05) is 28.9 Å². The number of hydrazine groups is 1. The molecule has 6 nitrogen and oxygen atoms in total. The van der Waals surface area contributed by atoms with Crippen molar-refractivity contribution in [1.29, 1.82) is 0 Å². The van der Waals surface area contributed by atoms with Crippen molar-refractivity contribution in [2.45, 2.75) is 19.8 Å². The van der Waals surface area contributed by atoms with Gasteiger partial charge in [0.2, 0.25) is 0 Å². The molecule has 6 N–H and O–H groups in total. The zero-order valence-electron chi connectivity index (χ0n) is 12.4. The molecule has 0 radical (unpaired) electrons. The highest BCUT2D eigenvalue weighted by Gasteiger charge is 2.11. The average Bonchev–Trinajstić information content (AvgIpc) is 2.48. The molecule has 2 rings (SSSR count). The molecule has 0 saturated heterocycles. The normalized spacial score (nSPS) is 10.3. The molecule has 0 bridgehead atoms. The fourth-order valence-corrected chi connectivity index (χ4v) is 1.92. The van der Waals surface area contributed by atoms with Gasteiger partial charge in [0.25, 0.3) is 0 Å². The molecule has 0 saturated carbocycles. The van der Waals surface area contributed by atoms with E-state index in [1.54, 1.807) is 18.2 Å². The topological polar surface area (TPSA) is 98.2 Å². The maximum Gasteiger partial charge on any atom is 0.154 e. The molecule has 0 unspecified atom stereocenters. The van der Waals surface area contributed by atoms with E-state index in [1.807, 2.05) is 12.1 Å². The van der Waals surface area contributed by atoms with E-state index >= 15 is 0 Å². The summed E-state index contributed by atoms with van der Waals surface area (Å²) in [5.41, 5.74) is 19.1. The van der Waals surface area contributed by atoms with E-state index < -0.39 is 0 Å². The Morgan fingerprint density at radius 1 is 1.18 bits per heavy atom. The molecule has 0 atom stereocenters. The van der Waals surface area contributed by atoms with E-state index in [4.69, 9.17) is 27.8 Å². The summed E-state index contributed by atoms with van der Waals surface area (Å²) >= 11 is 5.86. The van der Waals surface area contributed by atoms with Crippen molar-refractivity contribution < 1.29 is 4.74 Å². The van der Waals surface area contributed by atoms with Gasteiger partial charge in [-0.1, -0.05) is 24.9 Å². The second-order valence-corrected chi connectivity index (χ2v) is 5.20. The highest BCUT2D eigenvalue weighted by Crippen LogP contribution is 2.31. The van der Waals surface area contributed by atoms with Gasteiger partial charge in [-0.2, -0.15) is 0 Å². The number of halogens is 1. The number of nitrogens with zero attached hydrogens (tertiary/aromatic N) is 1. The third-order valence-electron chi connectivity index (χ3n) is 2.96. The smallest absolute Gasteiger partial charge is 0.154 e. The zero-order valence-corrected chi connectivity index (χ0v) is 13.2. The van der Waals surface area contributed by atoms with Gasteiger partial charge in [0, 0.05) is 11.1 Å². The van der Waals surface area contributed by atoms with E-state index in [2.05, 4.69) is 22.8 Å². The van der Waals surface area contributed by atoms with E-state index in [-0.39, 0.29) is 5.82 Å². The van der Waals surface area contributed by atoms with Crippen LogP contribution in [0, 0.1) is 0 Å².